The van der Waals surface area contributed by atoms with Gasteiger partial charge in [0.25, 0.3) is 5.70 Å². The molecule has 4 saturated carbocycles. The summed E-state index contributed by atoms with van der Waals surface area (Å²) in [6.45, 7) is 17.3. The van der Waals surface area contributed by atoms with Crippen molar-refractivity contribution in [3.05, 3.63) is 58.3 Å². The fraction of sp³-hybridized carbons (Fsp3) is 0.623. The third-order valence-electron chi connectivity index (χ3n) is 14.7. The van der Waals surface area contributed by atoms with E-state index in [0.717, 1.165) is 89.2 Å². The molecule has 0 unspecified atom stereocenters. The van der Waals surface area contributed by atoms with E-state index < -0.39 is 11.9 Å². The lowest BCUT2D eigenvalue weighted by atomic mass is 9.69. The predicted molar refractivity (Wildman–Crippen MR) is 258 cm³/mol. The molecular formula is C53H66N2O12S2. The number of carbonyl (C=O) groups is 6. The smallest absolute Gasteiger partial charge is 0.330 e. The van der Waals surface area contributed by atoms with Crippen LogP contribution < -0.4 is 9.47 Å². The number of thioether (sulfide) groups is 2. The van der Waals surface area contributed by atoms with Crippen LogP contribution in [0.25, 0.3) is 4.85 Å². The van der Waals surface area contributed by atoms with Crippen LogP contribution >= 0.6 is 23.5 Å². The molecule has 0 N–H and O–H groups in total. The number of rotatable bonds is 20. The average Bonchev–Trinajstić information content (AvgIpc) is 3.82. The van der Waals surface area contributed by atoms with Crippen LogP contribution in [0.1, 0.15) is 134 Å². The Morgan fingerprint density at radius 1 is 0.594 bits per heavy atom. The lowest BCUT2D eigenvalue weighted by molar-refractivity contribution is -0.151. The number of fused-ring (bicyclic) bond motifs is 1. The van der Waals surface area contributed by atoms with Gasteiger partial charge < -0.3 is 28.4 Å². The third kappa shape index (κ3) is 15.0. The number of ether oxygens (including phenoxy) is 6. The van der Waals surface area contributed by atoms with Crippen molar-refractivity contribution in [1.82, 2.24) is 0 Å². The van der Waals surface area contributed by atoms with Crippen molar-refractivity contribution in [2.45, 2.75) is 145 Å². The minimum absolute atomic E-state index is 0.0803. The maximum Gasteiger partial charge on any atom is 0.330 e. The van der Waals surface area contributed by atoms with E-state index in [-0.39, 0.29) is 66.5 Å². The van der Waals surface area contributed by atoms with Gasteiger partial charge in [0.1, 0.15) is 11.5 Å². The van der Waals surface area contributed by atoms with Gasteiger partial charge in [-0.2, -0.15) is 0 Å². The van der Waals surface area contributed by atoms with Gasteiger partial charge in [0.2, 0.25) is 0 Å². The van der Waals surface area contributed by atoms with Gasteiger partial charge in [0.15, 0.2) is 0 Å². The Morgan fingerprint density at radius 2 is 0.957 bits per heavy atom. The summed E-state index contributed by atoms with van der Waals surface area (Å²) in [7, 11) is 0. The molecule has 372 valence electrons. The van der Waals surface area contributed by atoms with Crippen LogP contribution in [0, 0.1) is 72.2 Å². The van der Waals surface area contributed by atoms with Crippen molar-refractivity contribution in [2.75, 3.05) is 26.4 Å². The second-order valence-electron chi connectivity index (χ2n) is 19.0. The SMILES string of the molecule is [C-]#[N+]/C(C#N)=C1/Sc2c(OC(=O)C3CCC(C4CCC(C(=O)OCCCCOC(=O)C=C)CC4)CC3)cc(C)c(OC(=O)C3CCC(C4CCC(C(=O)OCCCCOC(=O)C=C)CC4)CC3)c2S1. The highest BCUT2D eigenvalue weighted by atomic mass is 32.2. The first-order valence-corrected chi connectivity index (χ1v) is 26.5. The number of aryl methyl sites for hydroxylation is 1. The Balaban J connectivity index is 0.953. The van der Waals surface area contributed by atoms with Crippen molar-refractivity contribution in [3.63, 3.8) is 0 Å². The first kappa shape index (κ1) is 53.3. The number of unbranched alkanes of at least 4 members (excludes halogenated alkanes) is 2. The van der Waals surface area contributed by atoms with E-state index in [1.54, 1.807) is 6.07 Å². The minimum atomic E-state index is -0.461. The van der Waals surface area contributed by atoms with Gasteiger partial charge in [-0.3, -0.25) is 19.2 Å². The van der Waals surface area contributed by atoms with E-state index >= 15 is 0 Å². The van der Waals surface area contributed by atoms with Crippen LogP contribution in [0.5, 0.6) is 11.5 Å². The van der Waals surface area contributed by atoms with Crippen molar-refractivity contribution < 1.29 is 57.2 Å². The van der Waals surface area contributed by atoms with Crippen LogP contribution in [0.4, 0.5) is 0 Å². The van der Waals surface area contributed by atoms with Gasteiger partial charge in [-0.15, -0.1) is 0 Å². The summed E-state index contributed by atoms with van der Waals surface area (Å²) in [5.74, 6) is -0.00137. The monoisotopic (exact) mass is 986 g/mol. The molecule has 1 aliphatic heterocycles. The number of nitriles is 1. The number of nitrogens with zero attached hydrogens (tertiary/aromatic N) is 2. The minimum Gasteiger partial charge on any atom is -0.465 e. The van der Waals surface area contributed by atoms with Gasteiger partial charge in [0.05, 0.1) is 76.8 Å². The molecule has 0 bridgehead atoms. The molecule has 0 amide bonds. The molecule has 1 heterocycles. The number of esters is 6. The molecule has 69 heavy (non-hydrogen) atoms. The fourth-order valence-corrected chi connectivity index (χ4v) is 13.2. The molecule has 1 aromatic rings. The average molecular weight is 987 g/mol. The number of hydrogen-bond acceptors (Lipinski definition) is 15. The maximum atomic E-state index is 13.8. The number of hydrogen-bond donors (Lipinski definition) is 0. The number of benzene rings is 1. The quantitative estimate of drug-likeness (QED) is 0.0228. The van der Waals surface area contributed by atoms with Crippen molar-refractivity contribution in [2.24, 2.45) is 47.3 Å². The molecule has 0 saturated heterocycles. The Kier molecular flexibility index (Phi) is 20.7. The lowest BCUT2D eigenvalue weighted by Gasteiger charge is -2.37. The zero-order valence-corrected chi connectivity index (χ0v) is 41.5. The molecule has 0 radical (unpaired) electrons. The van der Waals surface area contributed by atoms with Crippen LogP contribution in [0.15, 0.2) is 51.1 Å². The van der Waals surface area contributed by atoms with Gasteiger partial charge in [-0.1, -0.05) is 36.7 Å². The molecular weight excluding hydrogens is 921 g/mol. The third-order valence-corrected chi connectivity index (χ3v) is 17.3. The standard InChI is InChI=1S/C53H66N2O12S2/c1-5-44(56)62-27-7-9-29-64-49(58)38-19-11-34(12-20-38)36-15-23-40(24-16-36)51(60)66-43-31-33(3)46(48-47(43)68-53(69-48)42(32-54)55-4)67-52(61)41-25-17-37(18-26-41)35-13-21-39(22-14-35)50(59)65-30-10-8-28-63-45(57)6-2/h5-6,31,34-41H,1-2,7-30H2,3H3/b53-42-. The molecule has 1 aromatic carbocycles. The molecule has 6 rings (SSSR count). The van der Waals surface area contributed by atoms with Crippen LogP contribution in [0.3, 0.4) is 0 Å². The lowest BCUT2D eigenvalue weighted by Crippen LogP contribution is -2.32. The second kappa shape index (κ2) is 26.8. The van der Waals surface area contributed by atoms with E-state index in [1.165, 1.54) is 23.5 Å². The van der Waals surface area contributed by atoms with E-state index in [4.69, 9.17) is 35.0 Å². The van der Waals surface area contributed by atoms with Crippen LogP contribution in [-0.2, 0) is 47.7 Å². The zero-order valence-electron chi connectivity index (χ0n) is 39.8. The summed E-state index contributed by atoms with van der Waals surface area (Å²) in [5.41, 5.74) is 0.539. The highest BCUT2D eigenvalue weighted by Gasteiger charge is 2.39. The van der Waals surface area contributed by atoms with Crippen molar-refractivity contribution in [1.29, 1.82) is 5.26 Å². The molecule has 16 heteroatoms. The van der Waals surface area contributed by atoms with Crippen molar-refractivity contribution in [3.8, 4) is 17.6 Å². The first-order valence-electron chi connectivity index (χ1n) is 24.8. The maximum absolute atomic E-state index is 13.8. The highest BCUT2D eigenvalue weighted by Crippen LogP contribution is 2.60. The molecule has 0 atom stereocenters. The highest BCUT2D eigenvalue weighted by molar-refractivity contribution is 8.24. The Labute approximate surface area is 414 Å². The van der Waals surface area contributed by atoms with E-state index in [0.29, 0.717) is 119 Å². The van der Waals surface area contributed by atoms with Crippen molar-refractivity contribution >= 4 is 59.3 Å². The summed E-state index contributed by atoms with van der Waals surface area (Å²) in [5, 5.41) is 9.76. The normalized spacial score (nSPS) is 26.1. The number of carbonyl (C=O) groups excluding carboxylic acids is 6. The molecule has 4 fully saturated rings. The molecule has 0 spiro atoms. The first-order chi connectivity index (χ1) is 33.4. The molecule has 0 aromatic heterocycles. The number of allylic oxidation sites excluding steroid dienone is 1. The molecule has 14 nitrogen and oxygen atoms in total. The van der Waals surface area contributed by atoms with Gasteiger partial charge in [0, 0.05) is 12.2 Å². The van der Waals surface area contributed by atoms with Gasteiger partial charge in [-0.05, 0) is 171 Å². The predicted octanol–water partition coefficient (Wildman–Crippen LogP) is 10.9. The Bertz CT molecular complexity index is 2150. The van der Waals surface area contributed by atoms with Gasteiger partial charge in [-0.25, -0.2) is 19.7 Å². The van der Waals surface area contributed by atoms with E-state index in [9.17, 15) is 34.0 Å². The summed E-state index contributed by atoms with van der Waals surface area (Å²) in [6, 6.07) is 3.70. The Morgan fingerprint density at radius 3 is 1.33 bits per heavy atom. The van der Waals surface area contributed by atoms with Gasteiger partial charge >= 0.3 is 35.8 Å². The second-order valence-corrected chi connectivity index (χ2v) is 21.3. The Hall–Kier alpha value is -5.06. The fourth-order valence-electron chi connectivity index (χ4n) is 10.7. The van der Waals surface area contributed by atoms with Crippen LogP contribution in [0.2, 0.25) is 0 Å². The van der Waals surface area contributed by atoms with E-state index in [2.05, 4.69) is 18.0 Å². The zero-order chi connectivity index (χ0) is 49.3. The van der Waals surface area contributed by atoms with E-state index in [1.807, 2.05) is 13.0 Å². The summed E-state index contributed by atoms with van der Waals surface area (Å²) in [6.07, 6.45) is 18.1. The summed E-state index contributed by atoms with van der Waals surface area (Å²) < 4.78 is 33.8. The summed E-state index contributed by atoms with van der Waals surface area (Å²) in [4.78, 5) is 80.0. The largest absolute Gasteiger partial charge is 0.465 e. The molecule has 5 aliphatic rings. The topological polar surface area (TPSA) is 186 Å². The van der Waals surface area contributed by atoms with Crippen LogP contribution in [-0.4, -0.2) is 62.2 Å². The summed E-state index contributed by atoms with van der Waals surface area (Å²) >= 11 is 2.38. The molecule has 4 aliphatic carbocycles.